The van der Waals surface area contributed by atoms with E-state index in [1.54, 1.807) is 6.07 Å². The van der Waals surface area contributed by atoms with Crippen LogP contribution in [0, 0.1) is 17.2 Å². The molecule has 1 aromatic carbocycles. The predicted octanol–water partition coefficient (Wildman–Crippen LogP) is 5.84. The Labute approximate surface area is 134 Å². The molecule has 3 rings (SSSR count). The molecule has 0 aliphatic heterocycles. The molecule has 0 radical (unpaired) electrons. The fraction of sp³-hybridized carbons (Fsp3) is 0.667. The lowest BCUT2D eigenvalue weighted by Crippen LogP contribution is -2.35. The van der Waals surface area contributed by atoms with Crippen LogP contribution in [0.4, 0.5) is 17.6 Å². The van der Waals surface area contributed by atoms with Crippen molar-refractivity contribution in [2.45, 2.75) is 57.5 Å². The van der Waals surface area contributed by atoms with Crippen molar-refractivity contribution in [3.8, 4) is 5.75 Å². The summed E-state index contributed by atoms with van der Waals surface area (Å²) in [6.07, 6.45) is -0.622. The molecule has 2 aliphatic rings. The SMILES string of the molecule is CC1(COc2cc(F)ccc2C2CC2)CCC(C(F)(F)F)CC1. The van der Waals surface area contributed by atoms with Crippen LogP contribution in [0.5, 0.6) is 5.75 Å². The average Bonchev–Trinajstić information content (AvgIpc) is 3.29. The Morgan fingerprint density at radius 3 is 2.35 bits per heavy atom. The minimum Gasteiger partial charge on any atom is -0.493 e. The van der Waals surface area contributed by atoms with Gasteiger partial charge in [0.1, 0.15) is 11.6 Å². The molecule has 0 saturated heterocycles. The van der Waals surface area contributed by atoms with E-state index in [2.05, 4.69) is 0 Å². The average molecular weight is 330 g/mol. The molecule has 0 atom stereocenters. The highest BCUT2D eigenvalue weighted by Gasteiger charge is 2.44. The summed E-state index contributed by atoms with van der Waals surface area (Å²) in [5.74, 6) is -0.520. The Balaban J connectivity index is 1.61. The lowest BCUT2D eigenvalue weighted by Gasteiger charge is -2.37. The third-order valence-electron chi connectivity index (χ3n) is 5.22. The summed E-state index contributed by atoms with van der Waals surface area (Å²) < 4.78 is 57.6. The summed E-state index contributed by atoms with van der Waals surface area (Å²) in [6.45, 7) is 2.32. The Hall–Kier alpha value is -1.26. The number of benzene rings is 1. The van der Waals surface area contributed by atoms with E-state index in [4.69, 9.17) is 4.74 Å². The minimum atomic E-state index is -4.09. The summed E-state index contributed by atoms with van der Waals surface area (Å²) in [4.78, 5) is 0. The Kier molecular flexibility index (Phi) is 4.32. The van der Waals surface area contributed by atoms with Gasteiger partial charge in [-0.1, -0.05) is 13.0 Å². The molecule has 1 nitrogen and oxygen atoms in total. The molecule has 0 aromatic heterocycles. The quantitative estimate of drug-likeness (QED) is 0.630. The van der Waals surface area contributed by atoms with E-state index < -0.39 is 12.1 Å². The Morgan fingerprint density at radius 2 is 1.78 bits per heavy atom. The summed E-state index contributed by atoms with van der Waals surface area (Å²) in [5.41, 5.74) is 0.758. The lowest BCUT2D eigenvalue weighted by molar-refractivity contribution is -0.187. The van der Waals surface area contributed by atoms with Crippen LogP contribution >= 0.6 is 0 Å². The molecule has 2 fully saturated rings. The van der Waals surface area contributed by atoms with Crippen molar-refractivity contribution in [1.29, 1.82) is 0 Å². The number of hydrogen-bond acceptors (Lipinski definition) is 1. The van der Waals surface area contributed by atoms with Gasteiger partial charge in [0.2, 0.25) is 0 Å². The van der Waals surface area contributed by atoms with Crippen LogP contribution in [-0.4, -0.2) is 12.8 Å². The van der Waals surface area contributed by atoms with Gasteiger partial charge in [-0.3, -0.25) is 0 Å². The second kappa shape index (κ2) is 5.99. The fourth-order valence-corrected chi connectivity index (χ4v) is 3.40. The Morgan fingerprint density at radius 1 is 1.13 bits per heavy atom. The molecule has 2 saturated carbocycles. The first-order chi connectivity index (χ1) is 10.8. The highest BCUT2D eigenvalue weighted by Crippen LogP contribution is 2.47. The minimum absolute atomic E-state index is 0.155. The predicted molar refractivity (Wildman–Crippen MR) is 80.0 cm³/mol. The molecule has 1 aromatic rings. The first kappa shape index (κ1) is 16.6. The van der Waals surface area contributed by atoms with E-state index in [0.29, 0.717) is 31.1 Å². The van der Waals surface area contributed by atoms with Gasteiger partial charge in [-0.2, -0.15) is 13.2 Å². The highest BCUT2D eigenvalue weighted by molar-refractivity contribution is 5.39. The van der Waals surface area contributed by atoms with Crippen molar-refractivity contribution in [3.05, 3.63) is 29.6 Å². The smallest absolute Gasteiger partial charge is 0.391 e. The van der Waals surface area contributed by atoms with Gasteiger partial charge >= 0.3 is 6.18 Å². The number of ether oxygens (including phenoxy) is 1. The second-order valence-corrected chi connectivity index (χ2v) is 7.37. The van der Waals surface area contributed by atoms with Gasteiger partial charge in [0.25, 0.3) is 0 Å². The molecular weight excluding hydrogens is 308 g/mol. The molecule has 128 valence electrons. The first-order valence-corrected chi connectivity index (χ1v) is 8.26. The maximum absolute atomic E-state index is 13.5. The van der Waals surface area contributed by atoms with E-state index in [-0.39, 0.29) is 24.1 Å². The van der Waals surface area contributed by atoms with Crippen LogP contribution < -0.4 is 4.74 Å². The molecule has 2 aliphatic carbocycles. The van der Waals surface area contributed by atoms with Crippen molar-refractivity contribution >= 4 is 0 Å². The van der Waals surface area contributed by atoms with Crippen LogP contribution in [0.25, 0.3) is 0 Å². The zero-order chi connectivity index (χ0) is 16.7. The van der Waals surface area contributed by atoms with Crippen LogP contribution in [0.2, 0.25) is 0 Å². The molecule has 0 N–H and O–H groups in total. The largest absolute Gasteiger partial charge is 0.493 e. The summed E-state index contributed by atoms with van der Waals surface area (Å²) in [7, 11) is 0. The maximum atomic E-state index is 13.5. The van der Waals surface area contributed by atoms with Crippen molar-refractivity contribution < 1.29 is 22.3 Å². The van der Waals surface area contributed by atoms with Gasteiger partial charge in [0, 0.05) is 11.5 Å². The zero-order valence-corrected chi connectivity index (χ0v) is 13.3. The third kappa shape index (κ3) is 3.99. The van der Waals surface area contributed by atoms with E-state index in [1.807, 2.05) is 6.92 Å². The van der Waals surface area contributed by atoms with E-state index in [9.17, 15) is 17.6 Å². The third-order valence-corrected chi connectivity index (χ3v) is 5.22. The molecule has 0 amide bonds. The lowest BCUT2D eigenvalue weighted by atomic mass is 9.72. The molecule has 0 spiro atoms. The summed E-state index contributed by atoms with van der Waals surface area (Å²) in [6, 6.07) is 4.61. The normalized spacial score (nSPS) is 28.7. The number of halogens is 4. The monoisotopic (exact) mass is 330 g/mol. The van der Waals surface area contributed by atoms with Crippen LogP contribution in [-0.2, 0) is 0 Å². The summed E-state index contributed by atoms with van der Waals surface area (Å²) in [5, 5.41) is 0. The van der Waals surface area contributed by atoms with Crippen molar-refractivity contribution in [2.24, 2.45) is 11.3 Å². The van der Waals surface area contributed by atoms with Gasteiger partial charge in [0.05, 0.1) is 12.5 Å². The standard InChI is InChI=1S/C18H22F4O/c1-17(8-6-13(7-9-17)18(20,21)22)11-23-16-10-14(19)4-5-15(16)12-2-3-12/h4-5,10,12-13H,2-3,6-9,11H2,1H3. The van der Waals surface area contributed by atoms with Gasteiger partial charge in [0.15, 0.2) is 0 Å². The highest BCUT2D eigenvalue weighted by atomic mass is 19.4. The van der Waals surface area contributed by atoms with E-state index in [1.165, 1.54) is 12.1 Å². The van der Waals surface area contributed by atoms with Crippen LogP contribution in [0.15, 0.2) is 18.2 Å². The van der Waals surface area contributed by atoms with Crippen LogP contribution in [0.3, 0.4) is 0 Å². The van der Waals surface area contributed by atoms with Crippen molar-refractivity contribution in [3.63, 3.8) is 0 Å². The van der Waals surface area contributed by atoms with Crippen LogP contribution in [0.1, 0.15) is 56.9 Å². The molecule has 0 unspecified atom stereocenters. The van der Waals surface area contributed by atoms with Crippen molar-refractivity contribution in [2.75, 3.05) is 6.61 Å². The van der Waals surface area contributed by atoms with E-state index in [0.717, 1.165) is 18.4 Å². The molecule has 5 heteroatoms. The van der Waals surface area contributed by atoms with Crippen molar-refractivity contribution in [1.82, 2.24) is 0 Å². The molecular formula is C18H22F4O. The number of hydrogen-bond donors (Lipinski definition) is 0. The molecule has 0 heterocycles. The van der Waals surface area contributed by atoms with Gasteiger partial charge in [-0.25, -0.2) is 4.39 Å². The van der Waals surface area contributed by atoms with Gasteiger partial charge in [-0.15, -0.1) is 0 Å². The fourth-order valence-electron chi connectivity index (χ4n) is 3.40. The molecule has 0 bridgehead atoms. The van der Waals surface area contributed by atoms with Gasteiger partial charge in [-0.05, 0) is 56.1 Å². The molecule has 23 heavy (non-hydrogen) atoms. The number of rotatable bonds is 4. The number of alkyl halides is 3. The topological polar surface area (TPSA) is 9.23 Å². The van der Waals surface area contributed by atoms with Gasteiger partial charge < -0.3 is 4.74 Å². The zero-order valence-electron chi connectivity index (χ0n) is 13.3. The first-order valence-electron chi connectivity index (χ1n) is 8.26. The maximum Gasteiger partial charge on any atom is 0.391 e. The summed E-state index contributed by atoms with van der Waals surface area (Å²) >= 11 is 0. The Bertz CT molecular complexity index is 555. The second-order valence-electron chi connectivity index (χ2n) is 7.37. The van der Waals surface area contributed by atoms with E-state index >= 15 is 0 Å².